The van der Waals surface area contributed by atoms with Crippen LogP contribution in [0.5, 0.6) is 0 Å². The summed E-state index contributed by atoms with van der Waals surface area (Å²) in [5, 5.41) is 6.36. The topological polar surface area (TPSA) is 75.5 Å². The molecule has 0 atom stereocenters. The Bertz CT molecular complexity index is 909. The molecule has 3 heterocycles. The van der Waals surface area contributed by atoms with Crippen molar-refractivity contribution in [3.63, 3.8) is 0 Å². The molecule has 0 N–H and O–H groups in total. The lowest BCUT2D eigenvalue weighted by Crippen LogP contribution is -2.51. The first kappa shape index (κ1) is 20.0. The molecule has 0 spiro atoms. The lowest BCUT2D eigenvalue weighted by atomic mass is 10.3. The summed E-state index contributed by atoms with van der Waals surface area (Å²) in [7, 11) is -3.62. The second-order valence-corrected chi connectivity index (χ2v) is 9.99. The zero-order valence-electron chi connectivity index (χ0n) is 16.2. The quantitative estimate of drug-likeness (QED) is 0.757. The van der Waals surface area contributed by atoms with Crippen LogP contribution in [0.1, 0.15) is 36.2 Å². The molecule has 0 aromatic carbocycles. The molecular formula is C18H26N4O3S2. The molecule has 0 radical (unpaired) electrons. The Morgan fingerprint density at radius 2 is 1.89 bits per heavy atom. The molecule has 0 bridgehead atoms. The summed E-state index contributed by atoms with van der Waals surface area (Å²) in [6.45, 7) is 8.95. The predicted octanol–water partition coefficient (Wildman–Crippen LogP) is 2.22. The number of hydrogen-bond acceptors (Lipinski definition) is 5. The van der Waals surface area contributed by atoms with E-state index < -0.39 is 10.0 Å². The summed E-state index contributed by atoms with van der Waals surface area (Å²) in [6.07, 6.45) is 0.379. The normalized spacial score (nSPS) is 16.3. The smallest absolute Gasteiger partial charge is 0.246 e. The van der Waals surface area contributed by atoms with Gasteiger partial charge in [-0.3, -0.25) is 9.48 Å². The number of amides is 1. The molecule has 2 aromatic heterocycles. The van der Waals surface area contributed by atoms with Crippen LogP contribution in [0.25, 0.3) is 0 Å². The number of thiophene rings is 1. The number of rotatable bonds is 5. The Morgan fingerprint density at radius 1 is 1.22 bits per heavy atom. The van der Waals surface area contributed by atoms with Gasteiger partial charge < -0.3 is 4.90 Å². The van der Waals surface area contributed by atoms with Crippen LogP contribution in [0.4, 0.5) is 0 Å². The average molecular weight is 411 g/mol. The number of nitrogens with zero attached hydrogens (tertiary/aromatic N) is 4. The largest absolute Gasteiger partial charge is 0.340 e. The van der Waals surface area contributed by atoms with E-state index in [0.717, 1.165) is 4.88 Å². The summed E-state index contributed by atoms with van der Waals surface area (Å²) in [6, 6.07) is 3.97. The van der Waals surface area contributed by atoms with E-state index in [9.17, 15) is 13.2 Å². The molecule has 1 amide bonds. The van der Waals surface area contributed by atoms with Crippen molar-refractivity contribution in [1.29, 1.82) is 0 Å². The van der Waals surface area contributed by atoms with Gasteiger partial charge in [0.15, 0.2) is 0 Å². The summed E-state index contributed by atoms with van der Waals surface area (Å²) in [4.78, 5) is 15.5. The minimum absolute atomic E-state index is 0.0505. The van der Waals surface area contributed by atoms with Gasteiger partial charge in [0.2, 0.25) is 15.9 Å². The molecule has 2 aromatic rings. The molecule has 1 aliphatic rings. The highest BCUT2D eigenvalue weighted by Crippen LogP contribution is 2.26. The first-order valence-electron chi connectivity index (χ1n) is 9.08. The number of carbonyl (C=O) groups is 1. The van der Waals surface area contributed by atoms with Crippen LogP contribution >= 0.6 is 11.3 Å². The lowest BCUT2D eigenvalue weighted by molar-refractivity contribution is -0.131. The highest BCUT2D eigenvalue weighted by atomic mass is 32.2. The fraction of sp³-hybridized carbons (Fsp3) is 0.556. The number of carbonyl (C=O) groups excluding carboxylic acids is 1. The molecule has 9 heteroatoms. The van der Waals surface area contributed by atoms with Crippen LogP contribution in [-0.2, 0) is 21.2 Å². The molecule has 1 saturated heterocycles. The third-order valence-electron chi connectivity index (χ3n) is 4.84. The highest BCUT2D eigenvalue weighted by Gasteiger charge is 2.34. The Labute approximate surface area is 164 Å². The lowest BCUT2D eigenvalue weighted by Gasteiger charge is -2.34. The molecule has 7 nitrogen and oxygen atoms in total. The van der Waals surface area contributed by atoms with Crippen molar-refractivity contribution in [1.82, 2.24) is 19.0 Å². The fourth-order valence-corrected chi connectivity index (χ4v) is 5.98. The minimum atomic E-state index is -3.62. The summed E-state index contributed by atoms with van der Waals surface area (Å²) < 4.78 is 29.6. The Balaban J connectivity index is 1.71. The van der Waals surface area contributed by atoms with Crippen molar-refractivity contribution in [3.05, 3.63) is 33.8 Å². The molecule has 27 heavy (non-hydrogen) atoms. The van der Waals surface area contributed by atoms with Crippen molar-refractivity contribution in [2.45, 2.75) is 45.1 Å². The van der Waals surface area contributed by atoms with E-state index in [1.54, 1.807) is 34.8 Å². The van der Waals surface area contributed by atoms with E-state index in [-0.39, 0.29) is 11.9 Å². The Hall–Kier alpha value is -1.71. The van der Waals surface area contributed by atoms with Gasteiger partial charge >= 0.3 is 0 Å². The molecular weight excluding hydrogens is 384 g/mol. The summed E-state index contributed by atoms with van der Waals surface area (Å²) >= 11 is 1.56. The zero-order chi connectivity index (χ0) is 19.8. The van der Waals surface area contributed by atoms with Crippen LogP contribution in [0.15, 0.2) is 22.4 Å². The van der Waals surface area contributed by atoms with Crippen molar-refractivity contribution >= 4 is 27.3 Å². The third-order valence-corrected chi connectivity index (χ3v) is 7.87. The van der Waals surface area contributed by atoms with Crippen LogP contribution in [0, 0.1) is 13.8 Å². The van der Waals surface area contributed by atoms with Crippen LogP contribution < -0.4 is 0 Å². The van der Waals surface area contributed by atoms with Gasteiger partial charge in [-0.25, -0.2) is 8.42 Å². The maximum absolute atomic E-state index is 13.2. The second kappa shape index (κ2) is 7.73. The SMILES string of the molecule is Cc1nn(C(C)C)c(C)c1S(=O)(=O)N1CCN(C(=O)Cc2cccs2)CC1. The van der Waals surface area contributed by atoms with Gasteiger partial charge in [0.05, 0.1) is 17.8 Å². The van der Waals surface area contributed by atoms with Gasteiger partial charge in [0.1, 0.15) is 4.90 Å². The van der Waals surface area contributed by atoms with Crippen LogP contribution in [0.2, 0.25) is 0 Å². The summed E-state index contributed by atoms with van der Waals surface area (Å²) in [5.74, 6) is 0.0505. The first-order chi connectivity index (χ1) is 12.7. The zero-order valence-corrected chi connectivity index (χ0v) is 17.8. The van der Waals surface area contributed by atoms with Gasteiger partial charge in [-0.1, -0.05) is 6.07 Å². The van der Waals surface area contributed by atoms with Crippen molar-refractivity contribution in [2.24, 2.45) is 0 Å². The third kappa shape index (κ3) is 3.95. The van der Waals surface area contributed by atoms with E-state index in [2.05, 4.69) is 5.10 Å². The molecule has 0 saturated carbocycles. The van der Waals surface area contributed by atoms with Crippen LogP contribution in [0.3, 0.4) is 0 Å². The van der Waals surface area contributed by atoms with E-state index >= 15 is 0 Å². The number of hydrogen-bond donors (Lipinski definition) is 0. The first-order valence-corrected chi connectivity index (χ1v) is 11.4. The van der Waals surface area contributed by atoms with Gasteiger partial charge in [-0.15, -0.1) is 11.3 Å². The number of aromatic nitrogens is 2. The molecule has 3 rings (SSSR count). The van der Waals surface area contributed by atoms with Gasteiger partial charge in [-0.05, 0) is 39.1 Å². The number of piperazine rings is 1. The standard InChI is InChI=1S/C18H26N4O3S2/c1-13(2)22-15(4)18(14(3)19-22)27(24,25)21-9-7-20(8-10-21)17(23)12-16-6-5-11-26-16/h5-6,11,13H,7-10,12H2,1-4H3. The fourth-order valence-electron chi connectivity index (χ4n) is 3.50. The van der Waals surface area contributed by atoms with Crippen molar-refractivity contribution < 1.29 is 13.2 Å². The molecule has 148 valence electrons. The molecule has 1 fully saturated rings. The Morgan fingerprint density at radius 3 is 2.41 bits per heavy atom. The number of aryl methyl sites for hydroxylation is 1. The monoisotopic (exact) mass is 410 g/mol. The highest BCUT2D eigenvalue weighted by molar-refractivity contribution is 7.89. The second-order valence-electron chi connectivity index (χ2n) is 7.08. The van der Waals surface area contributed by atoms with Gasteiger partial charge in [0.25, 0.3) is 0 Å². The van der Waals surface area contributed by atoms with E-state index in [1.165, 1.54) is 4.31 Å². The van der Waals surface area contributed by atoms with Gasteiger partial charge in [0, 0.05) is 37.1 Å². The van der Waals surface area contributed by atoms with Crippen molar-refractivity contribution in [3.8, 4) is 0 Å². The Kier molecular flexibility index (Phi) is 5.73. The molecule has 0 unspecified atom stereocenters. The molecule has 0 aliphatic carbocycles. The van der Waals surface area contributed by atoms with E-state index in [0.29, 0.717) is 48.9 Å². The van der Waals surface area contributed by atoms with Crippen LogP contribution in [-0.4, -0.2) is 59.5 Å². The van der Waals surface area contributed by atoms with E-state index in [1.807, 2.05) is 31.4 Å². The average Bonchev–Trinajstić information content (AvgIpc) is 3.22. The maximum atomic E-state index is 13.2. The minimum Gasteiger partial charge on any atom is -0.340 e. The summed E-state index contributed by atoms with van der Waals surface area (Å²) in [5.41, 5.74) is 1.19. The predicted molar refractivity (Wildman–Crippen MR) is 105 cm³/mol. The van der Waals surface area contributed by atoms with Crippen molar-refractivity contribution in [2.75, 3.05) is 26.2 Å². The molecule has 1 aliphatic heterocycles. The number of sulfonamides is 1. The van der Waals surface area contributed by atoms with E-state index in [4.69, 9.17) is 0 Å². The van der Waals surface area contributed by atoms with Gasteiger partial charge in [-0.2, -0.15) is 9.40 Å². The maximum Gasteiger partial charge on any atom is 0.246 e.